The van der Waals surface area contributed by atoms with Gasteiger partial charge in [-0.1, -0.05) is 35.3 Å². The molecule has 2 aliphatic rings. The van der Waals surface area contributed by atoms with Crippen LogP contribution in [-0.4, -0.2) is 46.9 Å². The zero-order valence-corrected chi connectivity index (χ0v) is 18.2. The van der Waals surface area contributed by atoms with Gasteiger partial charge in [0.1, 0.15) is 5.69 Å². The van der Waals surface area contributed by atoms with E-state index in [2.05, 4.69) is 4.90 Å². The van der Waals surface area contributed by atoms with Crippen molar-refractivity contribution in [2.75, 3.05) is 24.6 Å². The Morgan fingerprint density at radius 2 is 2.00 bits per heavy atom. The molecule has 1 spiro atoms. The second-order valence-electron chi connectivity index (χ2n) is 8.08. The van der Waals surface area contributed by atoms with Gasteiger partial charge in [-0.25, -0.2) is 9.97 Å². The molecule has 2 saturated heterocycles. The predicted molar refractivity (Wildman–Crippen MR) is 115 cm³/mol. The molecule has 3 heterocycles. The molecule has 0 amide bonds. The summed E-state index contributed by atoms with van der Waals surface area (Å²) in [7, 11) is 0. The third-order valence-electron chi connectivity index (χ3n) is 6.38. The van der Waals surface area contributed by atoms with Crippen molar-refractivity contribution >= 4 is 29.0 Å². The van der Waals surface area contributed by atoms with Crippen LogP contribution < -0.4 is 10.6 Å². The summed E-state index contributed by atoms with van der Waals surface area (Å²) in [6, 6.07) is 5.48. The molecule has 2 aromatic rings. The van der Waals surface area contributed by atoms with Crippen LogP contribution in [0.3, 0.4) is 0 Å². The molecule has 0 aliphatic carbocycles. The standard InChI is InChI=1S/C21H26Cl2N4O2/c1-12-18(14-4-3-5-15(22)17(14)23)26-16(10-28)20(25-12)27-8-6-21(7-9-27)11-29-13(2)19(21)24/h3-5,13,19,28H,6-11,24H2,1-2H3/t13-,19+/m1/s1. The van der Waals surface area contributed by atoms with Gasteiger partial charge < -0.3 is 20.5 Å². The van der Waals surface area contributed by atoms with E-state index >= 15 is 0 Å². The van der Waals surface area contributed by atoms with Crippen molar-refractivity contribution in [3.05, 3.63) is 39.6 Å². The SMILES string of the molecule is Cc1nc(N2CCC3(CC2)CO[C@H](C)[C@@H]3N)c(CO)nc1-c1cccc(Cl)c1Cl. The van der Waals surface area contributed by atoms with Gasteiger partial charge in [-0.3, -0.25) is 0 Å². The van der Waals surface area contributed by atoms with E-state index in [1.165, 1.54) is 0 Å². The number of aliphatic hydroxyl groups excluding tert-OH is 1. The number of halogens is 2. The summed E-state index contributed by atoms with van der Waals surface area (Å²) >= 11 is 12.5. The van der Waals surface area contributed by atoms with Crippen molar-refractivity contribution in [1.29, 1.82) is 0 Å². The molecular weight excluding hydrogens is 411 g/mol. The average Bonchev–Trinajstić information content (AvgIpc) is 2.99. The number of aryl methyl sites for hydroxylation is 1. The Bertz CT molecular complexity index is 916. The molecule has 8 heteroatoms. The highest BCUT2D eigenvalue weighted by atomic mass is 35.5. The lowest BCUT2D eigenvalue weighted by Gasteiger charge is -2.42. The number of piperidine rings is 1. The Morgan fingerprint density at radius 3 is 2.62 bits per heavy atom. The van der Waals surface area contributed by atoms with Crippen molar-refractivity contribution < 1.29 is 9.84 Å². The predicted octanol–water partition coefficient (Wildman–Crippen LogP) is 3.58. The second kappa shape index (κ2) is 8.00. The van der Waals surface area contributed by atoms with Crippen LogP contribution in [0, 0.1) is 12.3 Å². The Kier molecular flexibility index (Phi) is 5.75. The first-order valence-corrected chi connectivity index (χ1v) is 10.7. The first-order chi connectivity index (χ1) is 13.9. The van der Waals surface area contributed by atoms with Gasteiger partial charge >= 0.3 is 0 Å². The molecule has 3 N–H and O–H groups in total. The van der Waals surface area contributed by atoms with Crippen LogP contribution in [0.2, 0.25) is 10.0 Å². The van der Waals surface area contributed by atoms with Gasteiger partial charge in [0.2, 0.25) is 0 Å². The maximum atomic E-state index is 9.99. The van der Waals surface area contributed by atoms with E-state index in [9.17, 15) is 5.11 Å². The first kappa shape index (κ1) is 20.8. The molecule has 0 bridgehead atoms. The highest BCUT2D eigenvalue weighted by Crippen LogP contribution is 2.42. The van der Waals surface area contributed by atoms with E-state index in [4.69, 9.17) is 43.6 Å². The van der Waals surface area contributed by atoms with Gasteiger partial charge in [-0.05, 0) is 32.8 Å². The number of benzene rings is 1. The van der Waals surface area contributed by atoms with Crippen LogP contribution >= 0.6 is 23.2 Å². The minimum Gasteiger partial charge on any atom is -0.390 e. The number of ether oxygens (including phenoxy) is 1. The van der Waals surface area contributed by atoms with E-state index in [-0.39, 0.29) is 24.2 Å². The summed E-state index contributed by atoms with van der Waals surface area (Å²) in [5.74, 6) is 0.724. The van der Waals surface area contributed by atoms with Gasteiger partial charge in [-0.2, -0.15) is 0 Å². The smallest absolute Gasteiger partial charge is 0.153 e. The van der Waals surface area contributed by atoms with Crippen LogP contribution in [0.1, 0.15) is 31.2 Å². The number of rotatable bonds is 3. The van der Waals surface area contributed by atoms with E-state index in [1.807, 2.05) is 26.0 Å². The average molecular weight is 437 g/mol. The number of anilines is 1. The molecule has 0 saturated carbocycles. The van der Waals surface area contributed by atoms with E-state index in [0.717, 1.165) is 37.4 Å². The summed E-state index contributed by atoms with van der Waals surface area (Å²) in [4.78, 5) is 11.7. The molecule has 2 aliphatic heterocycles. The van der Waals surface area contributed by atoms with Crippen molar-refractivity contribution in [2.24, 2.45) is 11.1 Å². The fourth-order valence-corrected chi connectivity index (χ4v) is 4.87. The minimum atomic E-state index is -0.199. The number of aromatic nitrogens is 2. The highest BCUT2D eigenvalue weighted by Gasteiger charge is 2.47. The molecule has 1 aromatic carbocycles. The third kappa shape index (κ3) is 3.62. The molecule has 6 nitrogen and oxygen atoms in total. The largest absolute Gasteiger partial charge is 0.390 e. The van der Waals surface area contributed by atoms with Crippen LogP contribution in [-0.2, 0) is 11.3 Å². The van der Waals surface area contributed by atoms with E-state index in [1.54, 1.807) is 6.07 Å². The maximum absolute atomic E-state index is 9.99. The van der Waals surface area contributed by atoms with Crippen molar-refractivity contribution in [2.45, 2.75) is 45.4 Å². The van der Waals surface area contributed by atoms with Crippen LogP contribution in [0.15, 0.2) is 18.2 Å². The zero-order chi connectivity index (χ0) is 20.8. The molecule has 0 radical (unpaired) electrons. The topological polar surface area (TPSA) is 84.5 Å². The van der Waals surface area contributed by atoms with Crippen LogP contribution in [0.4, 0.5) is 5.82 Å². The Morgan fingerprint density at radius 1 is 1.28 bits per heavy atom. The summed E-state index contributed by atoms with van der Waals surface area (Å²) in [6.45, 7) is 6.08. The lowest BCUT2D eigenvalue weighted by atomic mass is 9.73. The fraction of sp³-hybridized carbons (Fsp3) is 0.524. The molecule has 29 heavy (non-hydrogen) atoms. The first-order valence-electron chi connectivity index (χ1n) is 9.91. The lowest BCUT2D eigenvalue weighted by molar-refractivity contribution is 0.0973. The zero-order valence-electron chi connectivity index (χ0n) is 16.7. The molecule has 0 unspecified atom stereocenters. The molecular formula is C21H26Cl2N4O2. The number of nitrogens with two attached hydrogens (primary N) is 1. The number of nitrogens with zero attached hydrogens (tertiary/aromatic N) is 3. The molecule has 156 valence electrons. The summed E-state index contributed by atoms with van der Waals surface area (Å²) < 4.78 is 5.81. The van der Waals surface area contributed by atoms with Gasteiger partial charge in [0.05, 0.1) is 40.8 Å². The maximum Gasteiger partial charge on any atom is 0.153 e. The monoisotopic (exact) mass is 436 g/mol. The third-order valence-corrected chi connectivity index (χ3v) is 7.20. The summed E-state index contributed by atoms with van der Waals surface area (Å²) in [5.41, 5.74) is 9.10. The number of hydrogen-bond acceptors (Lipinski definition) is 6. The molecule has 1 aromatic heterocycles. The number of hydrogen-bond donors (Lipinski definition) is 2. The highest BCUT2D eigenvalue weighted by molar-refractivity contribution is 6.43. The summed E-state index contributed by atoms with van der Waals surface area (Å²) in [5, 5.41) is 10.9. The fourth-order valence-electron chi connectivity index (χ4n) is 4.48. The van der Waals surface area contributed by atoms with Crippen molar-refractivity contribution in [3.63, 3.8) is 0 Å². The van der Waals surface area contributed by atoms with Crippen LogP contribution in [0.25, 0.3) is 11.3 Å². The van der Waals surface area contributed by atoms with Crippen molar-refractivity contribution in [3.8, 4) is 11.3 Å². The van der Waals surface area contributed by atoms with Crippen molar-refractivity contribution in [1.82, 2.24) is 9.97 Å². The normalized spacial score (nSPS) is 23.7. The Balaban J connectivity index is 1.63. The minimum absolute atomic E-state index is 0.0338. The van der Waals surface area contributed by atoms with Crippen LogP contribution in [0.5, 0.6) is 0 Å². The van der Waals surface area contributed by atoms with E-state index in [0.29, 0.717) is 33.6 Å². The Hall–Kier alpha value is -1.44. The second-order valence-corrected chi connectivity index (χ2v) is 8.86. The van der Waals surface area contributed by atoms with Gasteiger partial charge in [0.25, 0.3) is 0 Å². The van der Waals surface area contributed by atoms with E-state index < -0.39 is 0 Å². The molecule has 2 atom stereocenters. The Labute approximate surface area is 181 Å². The molecule has 4 rings (SSSR count). The number of aliphatic hydroxyl groups is 1. The quantitative estimate of drug-likeness (QED) is 0.764. The molecule has 2 fully saturated rings. The van der Waals surface area contributed by atoms with Gasteiger partial charge in [0.15, 0.2) is 5.82 Å². The summed E-state index contributed by atoms with van der Waals surface area (Å²) in [6.07, 6.45) is 1.97. The van der Waals surface area contributed by atoms with Gasteiger partial charge in [0, 0.05) is 30.1 Å². The van der Waals surface area contributed by atoms with Gasteiger partial charge in [-0.15, -0.1) is 0 Å². The lowest BCUT2D eigenvalue weighted by Crippen LogP contribution is -2.51.